The third-order valence-corrected chi connectivity index (χ3v) is 2.60. The molecule has 2 N–H and O–H groups in total. The van der Waals surface area contributed by atoms with E-state index in [4.69, 9.17) is 16.3 Å². The molecule has 0 aromatic heterocycles. The van der Waals surface area contributed by atoms with Gasteiger partial charge in [-0.1, -0.05) is 30.7 Å². The summed E-state index contributed by atoms with van der Waals surface area (Å²) >= 11 is 5.90. The summed E-state index contributed by atoms with van der Waals surface area (Å²) in [5.74, 6) is -0.340. The Labute approximate surface area is 104 Å². The number of nitrogens with one attached hydrogen (secondary N) is 2. The number of hydrogen-bond acceptors (Lipinski definition) is 4. The Bertz CT molecular complexity index is 462. The van der Waals surface area contributed by atoms with Crippen molar-refractivity contribution < 1.29 is 9.53 Å². The molecule has 1 unspecified atom stereocenters. The summed E-state index contributed by atoms with van der Waals surface area (Å²) in [6, 6.07) is 6.96. The van der Waals surface area contributed by atoms with Crippen LogP contribution in [0.1, 0.15) is 23.7 Å². The van der Waals surface area contributed by atoms with Crippen LogP contribution in [0.5, 0.6) is 0 Å². The van der Waals surface area contributed by atoms with Crippen LogP contribution in [-0.4, -0.2) is 18.2 Å². The lowest BCUT2D eigenvalue weighted by atomic mass is 10.2. The molecule has 5 nitrogen and oxygen atoms in total. The summed E-state index contributed by atoms with van der Waals surface area (Å²) in [7, 11) is 0. The molecule has 17 heavy (non-hydrogen) atoms. The molecule has 2 rings (SSSR count). The van der Waals surface area contributed by atoms with Crippen LogP contribution in [0.4, 0.5) is 0 Å². The highest BCUT2D eigenvalue weighted by molar-refractivity contribution is 6.34. The van der Waals surface area contributed by atoms with E-state index in [0.717, 1.165) is 6.42 Å². The highest BCUT2D eigenvalue weighted by Gasteiger charge is 2.20. The second kappa shape index (κ2) is 5.05. The van der Waals surface area contributed by atoms with E-state index in [1.165, 1.54) is 0 Å². The number of ether oxygens (including phenoxy) is 1. The van der Waals surface area contributed by atoms with Crippen LogP contribution < -0.4 is 10.7 Å². The van der Waals surface area contributed by atoms with Crippen LogP contribution >= 0.6 is 11.6 Å². The molecule has 0 fully saturated rings. The van der Waals surface area contributed by atoms with E-state index < -0.39 is 0 Å². The minimum Gasteiger partial charge on any atom is -0.438 e. The predicted molar refractivity (Wildman–Crippen MR) is 64.7 cm³/mol. The summed E-state index contributed by atoms with van der Waals surface area (Å²) in [5, 5.41) is 6.79. The number of nitrogens with zero attached hydrogens (tertiary/aromatic N) is 1. The van der Waals surface area contributed by atoms with Gasteiger partial charge in [-0.25, -0.2) is 0 Å². The lowest BCUT2D eigenvalue weighted by Gasteiger charge is -2.08. The fourth-order valence-electron chi connectivity index (χ4n) is 1.36. The standard InChI is InChI=1S/C11H12ClN3O2/c1-2-9-14-15-11(17-9)13-10(16)7-5-3-4-6-8(7)12/h3-6,9,14H,2H2,1H3,(H,13,15,16). The monoisotopic (exact) mass is 253 g/mol. The first kappa shape index (κ1) is 11.7. The van der Waals surface area contributed by atoms with E-state index >= 15 is 0 Å². The highest BCUT2D eigenvalue weighted by atomic mass is 35.5. The Kier molecular flexibility index (Phi) is 3.49. The lowest BCUT2D eigenvalue weighted by molar-refractivity contribution is 0.0959. The molecule has 1 aromatic rings. The fraction of sp³-hybridized carbons (Fsp3) is 0.273. The smallest absolute Gasteiger partial charge is 0.315 e. The number of amides is 1. The molecular formula is C11H12ClN3O2. The quantitative estimate of drug-likeness (QED) is 0.843. The number of benzene rings is 1. The average molecular weight is 254 g/mol. The van der Waals surface area contributed by atoms with Crippen LogP contribution in [0.3, 0.4) is 0 Å². The van der Waals surface area contributed by atoms with Crippen molar-refractivity contribution >= 4 is 23.5 Å². The number of halogens is 1. The minimum absolute atomic E-state index is 0.168. The summed E-state index contributed by atoms with van der Waals surface area (Å²) < 4.78 is 5.31. The van der Waals surface area contributed by atoms with Crippen LogP contribution in [0, 0.1) is 0 Å². The second-order valence-electron chi connectivity index (χ2n) is 3.49. The molecule has 1 amide bonds. The Morgan fingerprint density at radius 3 is 3.00 bits per heavy atom. The maximum atomic E-state index is 11.8. The van der Waals surface area contributed by atoms with E-state index in [0.29, 0.717) is 10.6 Å². The van der Waals surface area contributed by atoms with Gasteiger partial charge in [0.2, 0.25) is 0 Å². The molecule has 0 saturated carbocycles. The van der Waals surface area contributed by atoms with E-state index in [9.17, 15) is 4.79 Å². The van der Waals surface area contributed by atoms with Crippen molar-refractivity contribution in [1.82, 2.24) is 10.7 Å². The lowest BCUT2D eigenvalue weighted by Crippen LogP contribution is -2.32. The molecule has 0 saturated heterocycles. The summed E-state index contributed by atoms with van der Waals surface area (Å²) in [6.07, 6.45) is 0.575. The minimum atomic E-state index is -0.340. The zero-order valence-corrected chi connectivity index (χ0v) is 9.99. The van der Waals surface area contributed by atoms with E-state index in [2.05, 4.69) is 15.8 Å². The predicted octanol–water partition coefficient (Wildman–Crippen LogP) is 1.70. The summed E-state index contributed by atoms with van der Waals surface area (Å²) in [5.41, 5.74) is 3.14. The number of hydrazone groups is 1. The largest absolute Gasteiger partial charge is 0.438 e. The van der Waals surface area contributed by atoms with Gasteiger partial charge in [0, 0.05) is 6.42 Å². The van der Waals surface area contributed by atoms with Gasteiger partial charge in [0.15, 0.2) is 6.23 Å². The van der Waals surface area contributed by atoms with E-state index in [-0.39, 0.29) is 18.2 Å². The maximum absolute atomic E-state index is 11.8. The fourth-order valence-corrected chi connectivity index (χ4v) is 1.58. The van der Waals surface area contributed by atoms with Gasteiger partial charge in [-0.2, -0.15) is 0 Å². The summed E-state index contributed by atoms with van der Waals surface area (Å²) in [6.45, 7) is 1.95. The van der Waals surface area contributed by atoms with Crippen LogP contribution in [0.2, 0.25) is 5.02 Å². The van der Waals surface area contributed by atoms with Crippen molar-refractivity contribution in [2.24, 2.45) is 5.10 Å². The normalized spacial score (nSPS) is 18.0. The molecule has 1 aromatic carbocycles. The Hall–Kier alpha value is -1.75. The number of amidine groups is 1. The molecule has 1 heterocycles. The van der Waals surface area contributed by atoms with E-state index in [1.807, 2.05) is 6.92 Å². The van der Waals surface area contributed by atoms with Gasteiger partial charge >= 0.3 is 6.02 Å². The molecule has 0 bridgehead atoms. The van der Waals surface area contributed by atoms with Gasteiger partial charge in [0.1, 0.15) is 0 Å². The molecule has 6 heteroatoms. The molecule has 0 spiro atoms. The SMILES string of the molecule is CCC1NN=C(NC(=O)c2ccccc2Cl)O1. The Morgan fingerprint density at radius 2 is 2.35 bits per heavy atom. The molecular weight excluding hydrogens is 242 g/mol. The number of carbonyl (C=O) groups excluding carboxylic acids is 1. The zero-order valence-electron chi connectivity index (χ0n) is 9.24. The molecule has 90 valence electrons. The van der Waals surface area contributed by atoms with Crippen molar-refractivity contribution in [2.45, 2.75) is 19.6 Å². The van der Waals surface area contributed by atoms with Crippen molar-refractivity contribution in [3.8, 4) is 0 Å². The van der Waals surface area contributed by atoms with Crippen LogP contribution in [0.15, 0.2) is 29.4 Å². The Morgan fingerprint density at radius 1 is 1.59 bits per heavy atom. The average Bonchev–Trinajstić information content (AvgIpc) is 2.77. The third kappa shape index (κ3) is 2.68. The zero-order chi connectivity index (χ0) is 12.3. The van der Waals surface area contributed by atoms with Gasteiger partial charge in [-0.3, -0.25) is 15.5 Å². The Balaban J connectivity index is 2.01. The molecule has 1 aliphatic heterocycles. The van der Waals surface area contributed by atoms with E-state index in [1.54, 1.807) is 24.3 Å². The first-order chi connectivity index (χ1) is 8.20. The summed E-state index contributed by atoms with van der Waals surface area (Å²) in [4.78, 5) is 11.8. The van der Waals surface area contributed by atoms with Gasteiger partial charge in [-0.05, 0) is 12.1 Å². The highest BCUT2D eigenvalue weighted by Crippen LogP contribution is 2.14. The van der Waals surface area contributed by atoms with Crippen molar-refractivity contribution in [3.63, 3.8) is 0 Å². The van der Waals surface area contributed by atoms with Gasteiger partial charge < -0.3 is 4.74 Å². The first-order valence-electron chi connectivity index (χ1n) is 5.26. The number of carbonyl (C=O) groups is 1. The van der Waals surface area contributed by atoms with Gasteiger partial charge in [0.05, 0.1) is 10.6 Å². The maximum Gasteiger partial charge on any atom is 0.315 e. The van der Waals surface area contributed by atoms with Crippen molar-refractivity contribution in [1.29, 1.82) is 0 Å². The van der Waals surface area contributed by atoms with Crippen molar-refractivity contribution in [2.75, 3.05) is 0 Å². The second-order valence-corrected chi connectivity index (χ2v) is 3.90. The topological polar surface area (TPSA) is 62.7 Å². The third-order valence-electron chi connectivity index (χ3n) is 2.27. The molecule has 1 aliphatic rings. The van der Waals surface area contributed by atoms with Gasteiger partial charge in [0.25, 0.3) is 5.91 Å². The van der Waals surface area contributed by atoms with Gasteiger partial charge in [-0.15, -0.1) is 5.10 Å². The van der Waals surface area contributed by atoms with Crippen molar-refractivity contribution in [3.05, 3.63) is 34.9 Å². The first-order valence-corrected chi connectivity index (χ1v) is 5.64. The molecule has 1 atom stereocenters. The van der Waals surface area contributed by atoms with Crippen LogP contribution in [-0.2, 0) is 4.74 Å². The number of rotatable bonds is 2. The van der Waals surface area contributed by atoms with Crippen LogP contribution in [0.25, 0.3) is 0 Å². The number of hydrogen-bond donors (Lipinski definition) is 2. The molecule has 0 aliphatic carbocycles. The molecule has 0 radical (unpaired) electrons.